The average Bonchev–Trinajstić information content (AvgIpc) is 3.19. The molecule has 1 unspecified atom stereocenters. The van der Waals surface area contributed by atoms with E-state index in [0.717, 1.165) is 19.4 Å². The molecule has 2 aromatic rings. The number of aromatic nitrogens is 1. The maximum atomic E-state index is 13.2. The average molecular weight is 459 g/mol. The van der Waals surface area contributed by atoms with E-state index in [2.05, 4.69) is 31.1 Å². The van der Waals surface area contributed by atoms with E-state index in [1.807, 2.05) is 0 Å². The van der Waals surface area contributed by atoms with Gasteiger partial charge in [-0.2, -0.15) is 0 Å². The normalized spacial score (nSPS) is 25.6. The first-order valence-corrected chi connectivity index (χ1v) is 11.7. The first-order chi connectivity index (χ1) is 15.6. The molecule has 180 valence electrons. The Bertz CT molecular complexity index is 1080. The summed E-state index contributed by atoms with van der Waals surface area (Å²) < 4.78 is 16.1. The van der Waals surface area contributed by atoms with Gasteiger partial charge in [-0.05, 0) is 24.8 Å². The number of hydrogen-bond acceptors (Lipinski definition) is 5. The largest absolute Gasteiger partial charge is 0.493 e. The number of amides is 1. The van der Waals surface area contributed by atoms with Crippen molar-refractivity contribution >= 4 is 28.5 Å². The molecule has 33 heavy (non-hydrogen) atoms. The van der Waals surface area contributed by atoms with Crippen molar-refractivity contribution < 1.29 is 28.7 Å². The number of aromatic amines is 1. The van der Waals surface area contributed by atoms with Crippen LogP contribution in [0.25, 0.3) is 10.9 Å². The summed E-state index contributed by atoms with van der Waals surface area (Å²) in [7, 11) is 3.11. The molecule has 1 aromatic carbocycles. The maximum Gasteiger partial charge on any atom is 0.356 e. The van der Waals surface area contributed by atoms with Gasteiger partial charge in [0.25, 0.3) is 5.91 Å². The number of H-pyrrole nitrogens is 1. The second-order valence-corrected chi connectivity index (χ2v) is 10.7. The molecule has 1 saturated carbocycles. The van der Waals surface area contributed by atoms with Gasteiger partial charge in [0, 0.05) is 29.7 Å². The summed E-state index contributed by atoms with van der Waals surface area (Å²) in [6.07, 6.45) is 3.49. The molecule has 8 nitrogen and oxygen atoms in total. The number of rotatable bonds is 7. The monoisotopic (exact) mass is 458 g/mol. The molecule has 2 bridgehead atoms. The number of quaternary nitrogens is 1. The minimum Gasteiger partial charge on any atom is -0.493 e. The van der Waals surface area contributed by atoms with Gasteiger partial charge in [0.2, 0.25) is 0 Å². The fraction of sp³-hybridized carbons (Fsp3) is 0.600. The van der Waals surface area contributed by atoms with E-state index in [0.29, 0.717) is 46.1 Å². The predicted octanol–water partition coefficient (Wildman–Crippen LogP) is 2.78. The molecule has 2 aliphatic rings. The Balaban J connectivity index is 1.62. The van der Waals surface area contributed by atoms with Crippen molar-refractivity contribution in [1.29, 1.82) is 0 Å². The Labute approximate surface area is 194 Å². The van der Waals surface area contributed by atoms with Crippen molar-refractivity contribution in [1.82, 2.24) is 4.98 Å². The highest BCUT2D eigenvalue weighted by atomic mass is 16.5. The van der Waals surface area contributed by atoms with Crippen LogP contribution in [-0.4, -0.2) is 56.8 Å². The molecule has 2 heterocycles. The third-order valence-corrected chi connectivity index (χ3v) is 7.11. The highest BCUT2D eigenvalue weighted by Gasteiger charge is 2.53. The first-order valence-electron chi connectivity index (χ1n) is 11.7. The minimum atomic E-state index is -0.513. The molecular weight excluding hydrogens is 422 g/mol. The number of hydrogen-bond donors (Lipinski definition) is 3. The van der Waals surface area contributed by atoms with E-state index in [9.17, 15) is 9.59 Å². The van der Waals surface area contributed by atoms with E-state index >= 15 is 0 Å². The highest BCUT2D eigenvalue weighted by molar-refractivity contribution is 6.11. The van der Waals surface area contributed by atoms with E-state index in [-0.39, 0.29) is 23.6 Å². The molecule has 0 spiro atoms. The number of fused-ring (bicyclic) bond motifs is 3. The molecule has 1 aromatic heterocycles. The number of esters is 1. The van der Waals surface area contributed by atoms with E-state index < -0.39 is 5.97 Å². The number of likely N-dealkylation sites (tertiary alicyclic amines) is 1. The van der Waals surface area contributed by atoms with Gasteiger partial charge < -0.3 is 29.4 Å². The Hall–Kier alpha value is -2.74. The van der Waals surface area contributed by atoms with Crippen LogP contribution in [0.15, 0.2) is 12.1 Å². The summed E-state index contributed by atoms with van der Waals surface area (Å²) in [5.74, 6) is 0.425. The second kappa shape index (κ2) is 8.56. The fourth-order valence-corrected chi connectivity index (χ4v) is 6.35. The fourth-order valence-electron chi connectivity index (χ4n) is 6.35. The van der Waals surface area contributed by atoms with Crippen LogP contribution >= 0.6 is 0 Å². The molecule has 3 atom stereocenters. The lowest BCUT2D eigenvalue weighted by molar-refractivity contribution is -0.906. The summed E-state index contributed by atoms with van der Waals surface area (Å²) in [5, 5.41) is 3.69. The van der Waals surface area contributed by atoms with E-state index in [1.165, 1.54) is 11.3 Å². The van der Waals surface area contributed by atoms with Crippen LogP contribution in [0.1, 0.15) is 57.4 Å². The summed E-state index contributed by atoms with van der Waals surface area (Å²) in [4.78, 5) is 30.3. The molecule has 8 heteroatoms. The maximum absolute atomic E-state index is 13.2. The number of carbonyl (C=O) groups excluding carboxylic acids is 2. The zero-order chi connectivity index (χ0) is 24.0. The summed E-state index contributed by atoms with van der Waals surface area (Å²) >= 11 is 0. The van der Waals surface area contributed by atoms with Gasteiger partial charge in [-0.15, -0.1) is 0 Å². The molecule has 4 rings (SSSR count). The first kappa shape index (κ1) is 23.4. The quantitative estimate of drug-likeness (QED) is 0.555. The summed E-state index contributed by atoms with van der Waals surface area (Å²) in [6, 6.07) is 4.01. The number of methoxy groups -OCH3 is 2. The molecule has 1 saturated heterocycles. The van der Waals surface area contributed by atoms with Gasteiger partial charge >= 0.3 is 5.97 Å². The summed E-state index contributed by atoms with van der Waals surface area (Å²) in [5.41, 5.74) is 1.88. The molecular formula is C25H36N3O5+. The lowest BCUT2D eigenvalue weighted by Gasteiger charge is -2.37. The Morgan fingerprint density at radius 1 is 1.15 bits per heavy atom. The SMILES string of the molecule is CCOC(=O)c1[nH]c2cc(OC)c(OC)cc2c1NC(=O)C[NH+]1C[C@@]2(C)C[C@@H]1CC(C)(C)C2. The van der Waals surface area contributed by atoms with Crippen LogP contribution in [0.5, 0.6) is 11.5 Å². The van der Waals surface area contributed by atoms with Crippen molar-refractivity contribution in [2.75, 3.05) is 39.2 Å². The lowest BCUT2D eigenvalue weighted by Crippen LogP contribution is -3.15. The van der Waals surface area contributed by atoms with Crippen LogP contribution in [0.2, 0.25) is 0 Å². The molecule has 1 amide bonds. The summed E-state index contributed by atoms with van der Waals surface area (Å²) in [6.45, 7) is 10.4. The van der Waals surface area contributed by atoms with Crippen LogP contribution in [-0.2, 0) is 9.53 Å². The Morgan fingerprint density at radius 2 is 1.85 bits per heavy atom. The van der Waals surface area contributed by atoms with E-state index in [4.69, 9.17) is 14.2 Å². The van der Waals surface area contributed by atoms with Gasteiger partial charge in [0.05, 0.1) is 44.6 Å². The molecule has 1 aliphatic carbocycles. The van der Waals surface area contributed by atoms with Gasteiger partial charge in [-0.3, -0.25) is 4.79 Å². The standard InChI is InChI=1S/C25H35N3O5/c1-7-33-23(30)22-21(16-8-18(31-5)19(32-6)9-17(16)26-22)27-20(29)12-28-14-25(4)11-15(28)10-24(2,3)13-25/h8-9,15,26H,7,10-14H2,1-6H3,(H,27,29)/p+1/t15-,25-/m0/s1. The molecule has 3 N–H and O–H groups in total. The Morgan fingerprint density at radius 3 is 2.52 bits per heavy atom. The van der Waals surface area contributed by atoms with Gasteiger partial charge in [-0.25, -0.2) is 4.79 Å². The van der Waals surface area contributed by atoms with Gasteiger partial charge in [0.1, 0.15) is 5.69 Å². The van der Waals surface area contributed by atoms with Crippen LogP contribution in [0.4, 0.5) is 5.69 Å². The van der Waals surface area contributed by atoms with Crippen molar-refractivity contribution in [3.05, 3.63) is 17.8 Å². The van der Waals surface area contributed by atoms with Crippen LogP contribution in [0.3, 0.4) is 0 Å². The van der Waals surface area contributed by atoms with Crippen molar-refractivity contribution in [2.45, 2.75) is 53.0 Å². The number of carbonyl (C=O) groups is 2. The minimum absolute atomic E-state index is 0.111. The van der Waals surface area contributed by atoms with Crippen molar-refractivity contribution in [3.63, 3.8) is 0 Å². The molecule has 2 fully saturated rings. The van der Waals surface area contributed by atoms with Gasteiger partial charge in [-0.1, -0.05) is 20.8 Å². The zero-order valence-electron chi connectivity index (χ0n) is 20.5. The highest BCUT2D eigenvalue weighted by Crippen LogP contribution is 2.47. The smallest absolute Gasteiger partial charge is 0.356 e. The Kier molecular flexibility index (Phi) is 6.07. The van der Waals surface area contributed by atoms with Crippen molar-refractivity contribution in [3.8, 4) is 11.5 Å². The van der Waals surface area contributed by atoms with Gasteiger partial charge in [0.15, 0.2) is 18.0 Å². The zero-order valence-corrected chi connectivity index (χ0v) is 20.5. The predicted molar refractivity (Wildman–Crippen MR) is 126 cm³/mol. The third-order valence-electron chi connectivity index (χ3n) is 7.11. The molecule has 0 radical (unpaired) electrons. The number of benzene rings is 1. The topological polar surface area (TPSA) is 94.1 Å². The number of anilines is 1. The number of nitrogens with one attached hydrogen (secondary N) is 3. The third kappa shape index (κ3) is 4.53. The second-order valence-electron chi connectivity index (χ2n) is 10.7. The lowest BCUT2D eigenvalue weighted by atomic mass is 9.65. The van der Waals surface area contributed by atoms with Crippen molar-refractivity contribution in [2.24, 2.45) is 10.8 Å². The van der Waals surface area contributed by atoms with E-state index in [1.54, 1.807) is 33.3 Å². The molecule has 1 aliphatic heterocycles. The van der Waals surface area contributed by atoms with Crippen LogP contribution < -0.4 is 19.7 Å². The van der Waals surface area contributed by atoms with Crippen LogP contribution in [0, 0.1) is 10.8 Å². The number of ether oxygens (including phenoxy) is 3.